The third-order valence-electron chi connectivity index (χ3n) is 5.52. The van der Waals surface area contributed by atoms with Crippen LogP contribution in [-0.2, 0) is 9.84 Å². The average Bonchev–Trinajstić information content (AvgIpc) is 3.30. The molecule has 5 nitrogen and oxygen atoms in total. The van der Waals surface area contributed by atoms with Gasteiger partial charge in [0.25, 0.3) is 5.91 Å². The first-order valence-electron chi connectivity index (χ1n) is 9.95. The molecular weight excluding hydrogens is 453 g/mol. The number of sulfone groups is 1. The first-order chi connectivity index (χ1) is 15.3. The van der Waals surface area contributed by atoms with Crippen LogP contribution in [-0.4, -0.2) is 43.3 Å². The Labute approximate surface area is 190 Å². The van der Waals surface area contributed by atoms with Gasteiger partial charge in [-0.25, -0.2) is 12.8 Å². The van der Waals surface area contributed by atoms with E-state index in [1.807, 2.05) is 0 Å². The number of ketones is 1. The Kier molecular flexibility index (Phi) is 6.13. The molecule has 0 spiro atoms. The van der Waals surface area contributed by atoms with Crippen molar-refractivity contribution in [1.82, 2.24) is 4.90 Å². The summed E-state index contributed by atoms with van der Waals surface area (Å²) in [7, 11) is -3.63. The lowest BCUT2D eigenvalue weighted by molar-refractivity contribution is 0.0788. The molecule has 164 valence electrons. The molecule has 0 N–H and O–H groups in total. The highest BCUT2D eigenvalue weighted by Gasteiger charge is 2.37. The SMILES string of the molecule is O=C(c1ccc(F)cc1)c1ccccc1C(=O)N1CCC(S(=O)(=O)c2ccc(Cl)cc2)C1. The van der Waals surface area contributed by atoms with Crippen molar-refractivity contribution in [3.8, 4) is 0 Å². The van der Waals surface area contributed by atoms with E-state index in [0.717, 1.165) is 0 Å². The minimum absolute atomic E-state index is 0.0306. The fourth-order valence-electron chi connectivity index (χ4n) is 3.78. The number of hydrogen-bond donors (Lipinski definition) is 0. The first kappa shape index (κ1) is 22.2. The van der Waals surface area contributed by atoms with Gasteiger partial charge in [0.15, 0.2) is 15.6 Å². The van der Waals surface area contributed by atoms with Crippen molar-refractivity contribution in [3.63, 3.8) is 0 Å². The Morgan fingerprint density at radius 3 is 2.19 bits per heavy atom. The molecule has 3 aromatic rings. The maximum atomic E-state index is 13.2. The highest BCUT2D eigenvalue weighted by Crippen LogP contribution is 2.27. The molecule has 1 amide bonds. The zero-order valence-corrected chi connectivity index (χ0v) is 18.4. The molecule has 0 aromatic heterocycles. The van der Waals surface area contributed by atoms with Crippen LogP contribution in [0, 0.1) is 5.82 Å². The molecule has 32 heavy (non-hydrogen) atoms. The molecule has 1 atom stereocenters. The summed E-state index contributed by atoms with van der Waals surface area (Å²) < 4.78 is 39.2. The number of amides is 1. The minimum atomic E-state index is -3.63. The van der Waals surface area contributed by atoms with Crippen molar-refractivity contribution in [3.05, 3.63) is 100 Å². The summed E-state index contributed by atoms with van der Waals surface area (Å²) in [6.07, 6.45) is 0.296. The molecular formula is C24H19ClFNO4S. The normalized spacial score (nSPS) is 16.2. The lowest BCUT2D eigenvalue weighted by Crippen LogP contribution is -2.32. The first-order valence-corrected chi connectivity index (χ1v) is 11.9. The Morgan fingerprint density at radius 1 is 0.906 bits per heavy atom. The molecule has 8 heteroatoms. The summed E-state index contributed by atoms with van der Waals surface area (Å²) in [5.74, 6) is -1.28. The van der Waals surface area contributed by atoms with Crippen LogP contribution in [0.3, 0.4) is 0 Å². The van der Waals surface area contributed by atoms with Crippen LogP contribution in [0.5, 0.6) is 0 Å². The lowest BCUT2D eigenvalue weighted by Gasteiger charge is -2.18. The fraction of sp³-hybridized carbons (Fsp3) is 0.167. The zero-order valence-electron chi connectivity index (χ0n) is 16.9. The Bertz CT molecular complexity index is 1270. The summed E-state index contributed by atoms with van der Waals surface area (Å²) in [5, 5.41) is -0.304. The standard InChI is InChI=1S/C24H19ClFNO4S/c25-17-7-11-19(12-8-17)32(30,31)20-13-14-27(15-20)24(29)22-4-2-1-3-21(22)23(28)16-5-9-18(26)10-6-16/h1-12,20H,13-15H2. The quantitative estimate of drug-likeness (QED) is 0.517. The van der Waals surface area contributed by atoms with E-state index in [2.05, 4.69) is 0 Å². The van der Waals surface area contributed by atoms with Gasteiger partial charge in [-0.3, -0.25) is 9.59 Å². The van der Waals surface area contributed by atoms with E-state index < -0.39 is 32.6 Å². The van der Waals surface area contributed by atoms with E-state index in [1.165, 1.54) is 59.5 Å². The van der Waals surface area contributed by atoms with Crippen molar-refractivity contribution in [1.29, 1.82) is 0 Å². The number of rotatable bonds is 5. The van der Waals surface area contributed by atoms with Gasteiger partial charge < -0.3 is 4.90 Å². The van der Waals surface area contributed by atoms with Gasteiger partial charge in [0.2, 0.25) is 0 Å². The smallest absolute Gasteiger partial charge is 0.254 e. The van der Waals surface area contributed by atoms with Gasteiger partial charge in [0.1, 0.15) is 5.82 Å². The number of nitrogens with zero attached hydrogens (tertiary/aromatic N) is 1. The Morgan fingerprint density at radius 2 is 1.53 bits per heavy atom. The molecule has 3 aromatic carbocycles. The highest BCUT2D eigenvalue weighted by molar-refractivity contribution is 7.92. The summed E-state index contributed by atoms with van der Waals surface area (Å²) >= 11 is 5.85. The van der Waals surface area contributed by atoms with Gasteiger partial charge >= 0.3 is 0 Å². The third-order valence-corrected chi connectivity index (χ3v) is 7.97. The largest absolute Gasteiger partial charge is 0.337 e. The van der Waals surface area contributed by atoms with Crippen LogP contribution in [0.15, 0.2) is 77.7 Å². The van der Waals surface area contributed by atoms with E-state index in [-0.39, 0.29) is 34.7 Å². The van der Waals surface area contributed by atoms with Crippen LogP contribution in [0.1, 0.15) is 32.7 Å². The van der Waals surface area contributed by atoms with Crippen LogP contribution >= 0.6 is 11.6 Å². The summed E-state index contributed by atoms with van der Waals surface area (Å²) in [6, 6.07) is 17.4. The van der Waals surface area contributed by atoms with Crippen molar-refractivity contribution in [2.75, 3.05) is 13.1 Å². The predicted molar refractivity (Wildman–Crippen MR) is 119 cm³/mol. The highest BCUT2D eigenvalue weighted by atomic mass is 35.5. The Hall–Kier alpha value is -3.03. The van der Waals surface area contributed by atoms with Crippen molar-refractivity contribution >= 4 is 33.1 Å². The molecule has 4 rings (SSSR count). The Balaban J connectivity index is 1.57. The van der Waals surface area contributed by atoms with E-state index >= 15 is 0 Å². The van der Waals surface area contributed by atoms with E-state index in [9.17, 15) is 22.4 Å². The topological polar surface area (TPSA) is 71.5 Å². The molecule has 0 aliphatic carbocycles. The summed E-state index contributed by atoms with van der Waals surface area (Å²) in [6.45, 7) is 0.290. The third kappa shape index (κ3) is 4.31. The number of carbonyl (C=O) groups is 2. The molecule has 1 aliphatic heterocycles. The minimum Gasteiger partial charge on any atom is -0.337 e. The van der Waals surface area contributed by atoms with Crippen molar-refractivity contribution < 1.29 is 22.4 Å². The monoisotopic (exact) mass is 471 g/mol. The van der Waals surface area contributed by atoms with Crippen LogP contribution in [0.4, 0.5) is 4.39 Å². The van der Waals surface area contributed by atoms with Crippen LogP contribution in [0.2, 0.25) is 5.02 Å². The van der Waals surface area contributed by atoms with Gasteiger partial charge in [0.05, 0.1) is 15.7 Å². The number of likely N-dealkylation sites (tertiary alicyclic amines) is 1. The second-order valence-electron chi connectivity index (χ2n) is 7.54. The summed E-state index contributed by atoms with van der Waals surface area (Å²) in [5.41, 5.74) is 0.635. The van der Waals surface area contributed by atoms with Crippen LogP contribution in [0.25, 0.3) is 0 Å². The van der Waals surface area contributed by atoms with Gasteiger partial charge in [0, 0.05) is 29.2 Å². The molecule has 0 bridgehead atoms. The van der Waals surface area contributed by atoms with Crippen molar-refractivity contribution in [2.24, 2.45) is 0 Å². The number of carbonyl (C=O) groups excluding carboxylic acids is 2. The number of hydrogen-bond acceptors (Lipinski definition) is 4. The maximum absolute atomic E-state index is 13.2. The molecule has 0 saturated carbocycles. The molecule has 1 aliphatic rings. The van der Waals surface area contributed by atoms with Gasteiger partial charge in [-0.05, 0) is 61.0 Å². The van der Waals surface area contributed by atoms with E-state index in [0.29, 0.717) is 11.4 Å². The second kappa shape index (κ2) is 8.84. The van der Waals surface area contributed by atoms with Crippen LogP contribution < -0.4 is 0 Å². The molecule has 0 radical (unpaired) electrons. The molecule has 1 heterocycles. The fourth-order valence-corrected chi connectivity index (χ4v) is 5.60. The maximum Gasteiger partial charge on any atom is 0.254 e. The average molecular weight is 472 g/mol. The molecule has 1 unspecified atom stereocenters. The van der Waals surface area contributed by atoms with E-state index in [1.54, 1.807) is 18.2 Å². The number of benzene rings is 3. The van der Waals surface area contributed by atoms with Gasteiger partial charge in [-0.15, -0.1) is 0 Å². The predicted octanol–water partition coefficient (Wildman–Crippen LogP) is 4.40. The second-order valence-corrected chi connectivity index (χ2v) is 10.2. The summed E-state index contributed by atoms with van der Waals surface area (Å²) in [4.78, 5) is 27.8. The number of halogens is 2. The van der Waals surface area contributed by atoms with Crippen molar-refractivity contribution in [2.45, 2.75) is 16.6 Å². The molecule has 1 saturated heterocycles. The lowest BCUT2D eigenvalue weighted by atomic mass is 9.97. The molecule has 1 fully saturated rings. The van der Waals surface area contributed by atoms with E-state index in [4.69, 9.17) is 11.6 Å². The van der Waals surface area contributed by atoms with Gasteiger partial charge in [-0.2, -0.15) is 0 Å². The van der Waals surface area contributed by atoms with Gasteiger partial charge in [-0.1, -0.05) is 29.8 Å². The zero-order chi connectivity index (χ0) is 22.9.